The predicted octanol–water partition coefficient (Wildman–Crippen LogP) is 16.8. The number of para-hydroxylation sites is 2. The van der Waals surface area contributed by atoms with Crippen molar-refractivity contribution in [3.8, 4) is 73.2 Å². The van der Waals surface area contributed by atoms with Crippen LogP contribution in [0.3, 0.4) is 0 Å². The lowest BCUT2D eigenvalue weighted by Gasteiger charge is -2.15. The molecule has 4 aromatic heterocycles. The Balaban J connectivity index is 0.918. The second-order valence-corrected chi connectivity index (χ2v) is 17.6. The first-order valence-corrected chi connectivity index (χ1v) is 23.2. The van der Waals surface area contributed by atoms with Gasteiger partial charge in [0.25, 0.3) is 0 Å². The first-order chi connectivity index (χ1) is 34.2. The number of fused-ring (bicyclic) bond motifs is 9. The first-order valence-electron chi connectivity index (χ1n) is 23.2. The third kappa shape index (κ3) is 6.53. The van der Waals surface area contributed by atoms with Gasteiger partial charge in [0.2, 0.25) is 0 Å². The maximum absolute atomic E-state index is 6.68. The number of rotatable bonds is 7. The van der Waals surface area contributed by atoms with E-state index >= 15 is 0 Å². The average Bonchev–Trinajstić information content (AvgIpc) is 4.09. The summed E-state index contributed by atoms with van der Waals surface area (Å²) in [6, 6.07) is 80.5. The van der Waals surface area contributed by atoms with E-state index in [1.54, 1.807) is 0 Å². The number of hydrogen-bond acceptors (Lipinski definition) is 5. The number of hydrogen-bond donors (Lipinski definition) is 0. The van der Waals surface area contributed by atoms with Crippen LogP contribution in [0.15, 0.2) is 239 Å². The first kappa shape index (κ1) is 38.8. The maximum Gasteiger partial charge on any atom is 0.164 e. The van der Waals surface area contributed by atoms with Crippen molar-refractivity contribution in [1.82, 2.24) is 19.5 Å². The molecule has 0 aliphatic rings. The normalized spacial score (nSPS) is 11.8. The topological polar surface area (TPSA) is 69.9 Å². The summed E-state index contributed by atoms with van der Waals surface area (Å²) in [5.74, 6) is 1.78. The molecule has 0 aliphatic heterocycles. The summed E-state index contributed by atoms with van der Waals surface area (Å²) in [6.07, 6.45) is 0. The van der Waals surface area contributed by atoms with Gasteiger partial charge >= 0.3 is 0 Å². The molecule has 6 nitrogen and oxygen atoms in total. The molecule has 14 aromatic rings. The van der Waals surface area contributed by atoms with E-state index in [0.717, 1.165) is 99.5 Å². The van der Waals surface area contributed by atoms with Crippen molar-refractivity contribution in [2.45, 2.75) is 0 Å². The molecule has 14 rings (SSSR count). The summed E-state index contributed by atoms with van der Waals surface area (Å²) in [5.41, 5.74) is 16.0. The zero-order valence-electron chi connectivity index (χ0n) is 37.0. The second kappa shape index (κ2) is 15.6. The monoisotopic (exact) mass is 882 g/mol. The largest absolute Gasteiger partial charge is 0.456 e. The molecule has 0 unspecified atom stereocenters. The van der Waals surface area contributed by atoms with E-state index in [9.17, 15) is 0 Å². The minimum atomic E-state index is 0.571. The smallest absolute Gasteiger partial charge is 0.164 e. The van der Waals surface area contributed by atoms with E-state index in [2.05, 4.69) is 187 Å². The molecule has 0 spiro atoms. The third-order valence-corrected chi connectivity index (χ3v) is 13.5. The van der Waals surface area contributed by atoms with Gasteiger partial charge < -0.3 is 13.4 Å². The lowest BCUT2D eigenvalue weighted by Crippen LogP contribution is -2.00. The molecule has 6 heteroatoms. The Morgan fingerprint density at radius 1 is 0.261 bits per heavy atom. The fourth-order valence-electron chi connectivity index (χ4n) is 10.1. The van der Waals surface area contributed by atoms with Crippen molar-refractivity contribution in [2.75, 3.05) is 0 Å². The van der Waals surface area contributed by atoms with Gasteiger partial charge in [0.05, 0.1) is 16.7 Å². The molecule has 0 N–H and O–H groups in total. The molecule has 0 atom stereocenters. The molecule has 0 aliphatic carbocycles. The van der Waals surface area contributed by atoms with E-state index in [1.807, 2.05) is 48.5 Å². The highest BCUT2D eigenvalue weighted by Gasteiger charge is 2.21. The molecular weight excluding hydrogens is 845 g/mol. The van der Waals surface area contributed by atoms with Crippen LogP contribution in [-0.2, 0) is 0 Å². The molecule has 0 saturated heterocycles. The highest BCUT2D eigenvalue weighted by atomic mass is 16.3. The Morgan fingerprint density at radius 3 is 1.46 bits per heavy atom. The van der Waals surface area contributed by atoms with Gasteiger partial charge in [-0.25, -0.2) is 15.0 Å². The van der Waals surface area contributed by atoms with Gasteiger partial charge in [-0.2, -0.15) is 0 Å². The molecule has 322 valence electrons. The molecule has 4 heterocycles. The second-order valence-electron chi connectivity index (χ2n) is 17.6. The van der Waals surface area contributed by atoms with Crippen molar-refractivity contribution in [3.05, 3.63) is 231 Å². The van der Waals surface area contributed by atoms with Gasteiger partial charge in [0.1, 0.15) is 22.3 Å². The number of benzene rings is 10. The molecule has 0 amide bonds. The van der Waals surface area contributed by atoms with E-state index in [-0.39, 0.29) is 0 Å². The molecular formula is C63H38N4O2. The highest BCUT2D eigenvalue weighted by Crippen LogP contribution is 2.43. The fourth-order valence-corrected chi connectivity index (χ4v) is 10.1. The van der Waals surface area contributed by atoms with E-state index in [0.29, 0.717) is 17.5 Å². The fraction of sp³-hybridized carbons (Fsp3) is 0. The maximum atomic E-state index is 6.68. The van der Waals surface area contributed by atoms with Crippen LogP contribution < -0.4 is 0 Å². The summed E-state index contributed by atoms with van der Waals surface area (Å²) in [4.78, 5) is 15.1. The summed E-state index contributed by atoms with van der Waals surface area (Å²) in [5, 5.41) is 6.56. The van der Waals surface area contributed by atoms with E-state index < -0.39 is 0 Å². The van der Waals surface area contributed by atoms with Crippen LogP contribution in [0.5, 0.6) is 0 Å². The number of furan rings is 2. The SMILES string of the molecule is c1ccc(-c2ccc(-c3nc(-c4ccccc4)nc(-c4ccc5c(c4)oc4ccc(-c6cc7c(cc6-n6c8ccccc8c8cc(-c9ccccc9)ccc86)oc6ccccc67)cc45)n3)cc2)cc1. The standard InChI is InChI=1S/C63H38N4O2/c1-4-14-39(15-5-1)41-24-26-43(27-25-41)62-64-61(42-18-8-3-9-19-42)65-63(66-62)46-28-31-49-52-35-45(30-33-58(52)69-59(49)36-46)50-37-53-48-21-11-13-23-57(48)68-60(53)38-56(50)67-54-22-12-10-20-47(54)51-34-44(29-32-55(51)67)40-16-6-2-7-17-40/h1-38H. The molecule has 0 fully saturated rings. The van der Waals surface area contributed by atoms with Crippen molar-refractivity contribution >= 4 is 65.7 Å². The van der Waals surface area contributed by atoms with E-state index in [4.69, 9.17) is 23.8 Å². The zero-order valence-corrected chi connectivity index (χ0v) is 37.0. The third-order valence-electron chi connectivity index (χ3n) is 13.5. The molecule has 10 aromatic carbocycles. The Kier molecular flexibility index (Phi) is 8.79. The van der Waals surface area contributed by atoms with Crippen LogP contribution >= 0.6 is 0 Å². The summed E-state index contributed by atoms with van der Waals surface area (Å²) in [7, 11) is 0. The Labute approximate surface area is 396 Å². The number of nitrogens with zero attached hydrogens (tertiary/aromatic N) is 4. The summed E-state index contributed by atoms with van der Waals surface area (Å²) >= 11 is 0. The van der Waals surface area contributed by atoms with Gasteiger partial charge in [-0.1, -0.05) is 170 Å². The number of aromatic nitrogens is 4. The Morgan fingerprint density at radius 2 is 0.725 bits per heavy atom. The van der Waals surface area contributed by atoms with Crippen LogP contribution in [-0.4, -0.2) is 19.5 Å². The van der Waals surface area contributed by atoms with Crippen molar-refractivity contribution in [2.24, 2.45) is 0 Å². The molecule has 0 bridgehead atoms. The quantitative estimate of drug-likeness (QED) is 0.159. The van der Waals surface area contributed by atoms with Gasteiger partial charge in [0, 0.05) is 60.6 Å². The van der Waals surface area contributed by atoms with Gasteiger partial charge in [0.15, 0.2) is 17.5 Å². The minimum absolute atomic E-state index is 0.571. The van der Waals surface area contributed by atoms with Crippen molar-refractivity contribution in [3.63, 3.8) is 0 Å². The van der Waals surface area contributed by atoms with Crippen molar-refractivity contribution in [1.29, 1.82) is 0 Å². The summed E-state index contributed by atoms with van der Waals surface area (Å²) in [6.45, 7) is 0. The van der Waals surface area contributed by atoms with E-state index in [1.165, 1.54) is 21.9 Å². The van der Waals surface area contributed by atoms with Gasteiger partial charge in [-0.3, -0.25) is 0 Å². The molecule has 0 radical (unpaired) electrons. The van der Waals surface area contributed by atoms with Gasteiger partial charge in [-0.15, -0.1) is 0 Å². The van der Waals surface area contributed by atoms with Crippen LogP contribution in [0, 0.1) is 0 Å². The average molecular weight is 883 g/mol. The lowest BCUT2D eigenvalue weighted by atomic mass is 9.98. The van der Waals surface area contributed by atoms with Crippen LogP contribution in [0.1, 0.15) is 0 Å². The molecule has 69 heavy (non-hydrogen) atoms. The molecule has 0 saturated carbocycles. The zero-order chi connectivity index (χ0) is 45.4. The van der Waals surface area contributed by atoms with Crippen molar-refractivity contribution < 1.29 is 8.83 Å². The van der Waals surface area contributed by atoms with Gasteiger partial charge in [-0.05, 0) is 82.4 Å². The Hall–Kier alpha value is -9.39. The Bertz CT molecular complexity index is 4290. The highest BCUT2D eigenvalue weighted by molar-refractivity contribution is 6.14. The van der Waals surface area contributed by atoms with Crippen LogP contribution in [0.2, 0.25) is 0 Å². The minimum Gasteiger partial charge on any atom is -0.456 e. The van der Waals surface area contributed by atoms with Crippen LogP contribution in [0.25, 0.3) is 139 Å². The lowest BCUT2D eigenvalue weighted by molar-refractivity contribution is 0.668. The summed E-state index contributed by atoms with van der Waals surface area (Å²) < 4.78 is 15.7. The van der Waals surface area contributed by atoms with Crippen LogP contribution in [0.4, 0.5) is 0 Å². The predicted molar refractivity (Wildman–Crippen MR) is 281 cm³/mol.